The molecule has 2 saturated heterocycles. The van der Waals surface area contributed by atoms with Gasteiger partial charge in [0.05, 0.1) is 0 Å². The molecule has 8 nitrogen and oxygen atoms in total. The molecule has 212 valence electrons. The number of sulfonamides is 1. The Morgan fingerprint density at radius 1 is 0.950 bits per heavy atom. The highest BCUT2D eigenvalue weighted by atomic mass is 32.2. The van der Waals surface area contributed by atoms with Gasteiger partial charge in [0.15, 0.2) is 10.7 Å². The van der Waals surface area contributed by atoms with Crippen molar-refractivity contribution >= 4 is 33.8 Å². The van der Waals surface area contributed by atoms with Crippen LogP contribution in [0.2, 0.25) is 0 Å². The van der Waals surface area contributed by atoms with Crippen LogP contribution in [0.5, 0.6) is 0 Å². The zero-order valence-corrected chi connectivity index (χ0v) is 24.5. The van der Waals surface area contributed by atoms with Gasteiger partial charge in [-0.05, 0) is 69.9 Å². The van der Waals surface area contributed by atoms with E-state index in [4.69, 9.17) is 4.52 Å². The first-order chi connectivity index (χ1) is 19.1. The first-order valence-corrected chi connectivity index (χ1v) is 15.4. The molecule has 9 heteroatoms. The molecule has 1 atom stereocenters. The molecule has 2 aliphatic rings. The fraction of sp³-hybridized carbons (Fsp3) is 0.419. The monoisotopic (exact) mass is 562 g/mol. The van der Waals surface area contributed by atoms with Crippen LogP contribution < -0.4 is 4.90 Å². The molecule has 0 bridgehead atoms. The van der Waals surface area contributed by atoms with Crippen LogP contribution in [0.25, 0.3) is 12.2 Å². The number of aromatic nitrogens is 1. The normalized spacial score (nSPS) is 19.4. The van der Waals surface area contributed by atoms with Gasteiger partial charge in [0, 0.05) is 50.4 Å². The summed E-state index contributed by atoms with van der Waals surface area (Å²) in [7, 11) is -3.82. The molecular weight excluding hydrogens is 524 g/mol. The number of carbonyl (C=O) groups excluding carboxylic acids is 1. The van der Waals surface area contributed by atoms with Gasteiger partial charge in [-0.1, -0.05) is 53.2 Å². The Balaban J connectivity index is 1.21. The number of aryl methyl sites for hydroxylation is 3. The highest BCUT2D eigenvalue weighted by Gasteiger charge is 2.38. The van der Waals surface area contributed by atoms with Gasteiger partial charge in [-0.2, -0.15) is 4.31 Å². The summed E-state index contributed by atoms with van der Waals surface area (Å²) in [5.74, 6) is 0.182. The summed E-state index contributed by atoms with van der Waals surface area (Å²) in [5.41, 5.74) is 4.84. The third kappa shape index (κ3) is 5.86. The molecule has 2 fully saturated rings. The van der Waals surface area contributed by atoms with Crippen molar-refractivity contribution in [3.63, 3.8) is 0 Å². The van der Waals surface area contributed by atoms with Crippen LogP contribution in [0.3, 0.4) is 0 Å². The number of hydrogen-bond donors (Lipinski definition) is 0. The van der Waals surface area contributed by atoms with Crippen LogP contribution in [0, 0.1) is 26.7 Å². The molecule has 0 radical (unpaired) electrons. The third-order valence-electron chi connectivity index (χ3n) is 8.01. The van der Waals surface area contributed by atoms with Gasteiger partial charge < -0.3 is 14.3 Å². The van der Waals surface area contributed by atoms with Crippen molar-refractivity contribution in [1.82, 2.24) is 14.4 Å². The lowest BCUT2D eigenvalue weighted by Crippen LogP contribution is -2.55. The molecule has 5 rings (SSSR count). The number of piperazine rings is 1. The predicted molar refractivity (Wildman–Crippen MR) is 157 cm³/mol. The number of rotatable bonds is 6. The first-order valence-electron chi connectivity index (χ1n) is 14.0. The van der Waals surface area contributed by atoms with E-state index in [0.717, 1.165) is 17.7 Å². The SMILES string of the molecule is Cc1ccc(/C=C/c2onc(C)c2S(=O)(=O)N2CCC(C(=O)N3CCN(c4cccc(C)c4)C(C)C3)CC2)cc1. The lowest BCUT2D eigenvalue weighted by Gasteiger charge is -2.43. The Bertz CT molecular complexity index is 1490. The third-order valence-corrected chi connectivity index (χ3v) is 10.1. The summed E-state index contributed by atoms with van der Waals surface area (Å²) in [5, 5.41) is 3.95. The van der Waals surface area contributed by atoms with E-state index in [0.29, 0.717) is 44.7 Å². The molecule has 0 saturated carbocycles. The summed E-state index contributed by atoms with van der Waals surface area (Å²) in [6, 6.07) is 16.6. The van der Waals surface area contributed by atoms with Gasteiger partial charge in [0.25, 0.3) is 0 Å². The average Bonchev–Trinajstić information content (AvgIpc) is 3.33. The second-order valence-electron chi connectivity index (χ2n) is 11.0. The van der Waals surface area contributed by atoms with Crippen molar-refractivity contribution in [3.8, 4) is 0 Å². The van der Waals surface area contributed by atoms with E-state index in [1.807, 2.05) is 42.2 Å². The fourth-order valence-electron chi connectivity index (χ4n) is 5.73. The predicted octanol–water partition coefficient (Wildman–Crippen LogP) is 4.91. The van der Waals surface area contributed by atoms with Gasteiger partial charge in [-0.25, -0.2) is 8.42 Å². The topological polar surface area (TPSA) is 87.0 Å². The maximum Gasteiger partial charge on any atom is 0.248 e. The molecule has 0 aliphatic carbocycles. The molecule has 0 spiro atoms. The molecule has 1 amide bonds. The van der Waals surface area contributed by atoms with Crippen molar-refractivity contribution < 1.29 is 17.7 Å². The van der Waals surface area contributed by atoms with E-state index in [9.17, 15) is 13.2 Å². The lowest BCUT2D eigenvalue weighted by molar-refractivity contribution is -0.137. The summed E-state index contributed by atoms with van der Waals surface area (Å²) in [6.45, 7) is 10.6. The molecule has 2 aromatic carbocycles. The maximum absolute atomic E-state index is 13.7. The van der Waals surface area contributed by atoms with Crippen molar-refractivity contribution in [2.75, 3.05) is 37.6 Å². The van der Waals surface area contributed by atoms with Crippen LogP contribution in [-0.2, 0) is 14.8 Å². The Morgan fingerprint density at radius 3 is 2.35 bits per heavy atom. The second-order valence-corrected chi connectivity index (χ2v) is 12.9. The summed E-state index contributed by atoms with van der Waals surface area (Å²) >= 11 is 0. The maximum atomic E-state index is 13.7. The number of amides is 1. The zero-order valence-electron chi connectivity index (χ0n) is 23.7. The minimum absolute atomic E-state index is 0.0988. The van der Waals surface area contributed by atoms with Crippen molar-refractivity contribution in [2.24, 2.45) is 5.92 Å². The molecule has 0 N–H and O–H groups in total. The number of piperidine rings is 1. The van der Waals surface area contributed by atoms with Crippen molar-refractivity contribution in [1.29, 1.82) is 0 Å². The van der Waals surface area contributed by atoms with Crippen molar-refractivity contribution in [3.05, 3.63) is 76.7 Å². The first kappa shape index (κ1) is 28.1. The molecular formula is C31H38N4O4S. The number of anilines is 1. The highest BCUT2D eigenvalue weighted by Crippen LogP contribution is 2.30. The lowest BCUT2D eigenvalue weighted by atomic mass is 9.95. The summed E-state index contributed by atoms with van der Waals surface area (Å²) < 4.78 is 34.2. The van der Waals surface area contributed by atoms with Gasteiger partial charge in [0.2, 0.25) is 15.9 Å². The van der Waals surface area contributed by atoms with E-state index >= 15 is 0 Å². The molecule has 1 unspecified atom stereocenters. The fourth-order valence-corrected chi connectivity index (χ4v) is 7.45. The van der Waals surface area contributed by atoms with Crippen LogP contribution in [0.15, 0.2) is 57.9 Å². The zero-order chi connectivity index (χ0) is 28.4. The van der Waals surface area contributed by atoms with E-state index in [2.05, 4.69) is 48.2 Å². The summed E-state index contributed by atoms with van der Waals surface area (Å²) in [6.07, 6.45) is 4.49. The van der Waals surface area contributed by atoms with Crippen LogP contribution in [-0.4, -0.2) is 67.5 Å². The van der Waals surface area contributed by atoms with Crippen LogP contribution >= 0.6 is 0 Å². The quantitative estimate of drug-likeness (QED) is 0.424. The number of nitrogens with zero attached hydrogens (tertiary/aromatic N) is 4. The van der Waals surface area contributed by atoms with Crippen LogP contribution in [0.4, 0.5) is 5.69 Å². The number of carbonyl (C=O) groups is 1. The minimum atomic E-state index is -3.82. The second kappa shape index (κ2) is 11.6. The number of benzene rings is 2. The standard InChI is InChI=1S/C31H38N4O4S/c1-22-8-10-26(11-9-22)12-13-29-30(25(4)32-39-29)40(37,38)34-16-14-27(15-17-34)31(36)33-18-19-35(24(3)21-33)28-7-5-6-23(2)20-28/h5-13,20,24,27H,14-19,21H2,1-4H3/b13-12+. The Morgan fingerprint density at radius 2 is 1.68 bits per heavy atom. The summed E-state index contributed by atoms with van der Waals surface area (Å²) in [4.78, 5) is 17.9. The largest absolute Gasteiger partial charge is 0.365 e. The van der Waals surface area contributed by atoms with Gasteiger partial charge in [0.1, 0.15) is 5.69 Å². The average molecular weight is 563 g/mol. The smallest absolute Gasteiger partial charge is 0.248 e. The molecule has 3 aromatic rings. The minimum Gasteiger partial charge on any atom is -0.365 e. The van der Waals surface area contributed by atoms with Crippen molar-refractivity contribution in [2.45, 2.75) is 51.5 Å². The van der Waals surface area contributed by atoms with E-state index in [1.54, 1.807) is 13.0 Å². The molecule has 2 aliphatic heterocycles. The van der Waals surface area contributed by atoms with E-state index < -0.39 is 10.0 Å². The highest BCUT2D eigenvalue weighted by molar-refractivity contribution is 7.89. The Labute approximate surface area is 237 Å². The van der Waals surface area contributed by atoms with Gasteiger partial charge in [-0.15, -0.1) is 0 Å². The van der Waals surface area contributed by atoms with E-state index in [-0.39, 0.29) is 28.5 Å². The molecule has 1 aromatic heterocycles. The molecule has 3 heterocycles. The Hall–Kier alpha value is -3.43. The molecule has 40 heavy (non-hydrogen) atoms. The number of hydrogen-bond acceptors (Lipinski definition) is 6. The van der Waals surface area contributed by atoms with Crippen LogP contribution in [0.1, 0.15) is 47.9 Å². The van der Waals surface area contributed by atoms with Gasteiger partial charge in [-0.3, -0.25) is 4.79 Å². The van der Waals surface area contributed by atoms with Gasteiger partial charge >= 0.3 is 0 Å². The Kier molecular flexibility index (Phi) is 8.14. The van der Waals surface area contributed by atoms with E-state index in [1.165, 1.54) is 15.6 Å².